The third-order valence-corrected chi connectivity index (χ3v) is 4.97. The molecule has 2 aromatic carbocycles. The Morgan fingerprint density at radius 1 is 1.10 bits per heavy atom. The monoisotopic (exact) mass is 456 g/mol. The molecule has 0 bridgehead atoms. The molecule has 0 spiro atoms. The van der Waals surface area contributed by atoms with Gasteiger partial charge in [0.05, 0.1) is 23.8 Å². The molecule has 0 amide bonds. The van der Waals surface area contributed by atoms with Gasteiger partial charge in [0.2, 0.25) is 0 Å². The highest BCUT2D eigenvalue weighted by Gasteiger charge is 2.15. The van der Waals surface area contributed by atoms with Crippen LogP contribution in [0, 0.1) is 6.92 Å². The third kappa shape index (κ3) is 5.38. The Morgan fingerprint density at radius 2 is 1.87 bits per heavy atom. The molecule has 6 nitrogen and oxygen atoms in total. The van der Waals surface area contributed by atoms with Crippen LogP contribution in [-0.2, 0) is 13.2 Å². The molecular weight excluding hydrogens is 437 g/mol. The number of methoxy groups -OCH3 is 1. The van der Waals surface area contributed by atoms with Crippen molar-refractivity contribution in [1.29, 1.82) is 0 Å². The van der Waals surface area contributed by atoms with Gasteiger partial charge in [-0.25, -0.2) is 9.67 Å². The zero-order valence-corrected chi connectivity index (χ0v) is 18.1. The van der Waals surface area contributed by atoms with E-state index in [1.807, 2.05) is 24.9 Å². The Kier molecular flexibility index (Phi) is 7.12. The van der Waals surface area contributed by atoms with Crippen LogP contribution in [0.4, 0.5) is 8.78 Å². The average molecular weight is 457 g/mol. The lowest BCUT2D eigenvalue weighted by Gasteiger charge is -2.19. The summed E-state index contributed by atoms with van der Waals surface area (Å²) in [5.74, 6) is 1.53. The summed E-state index contributed by atoms with van der Waals surface area (Å²) in [5, 5.41) is 5.37. The number of alkyl halides is 2. The molecule has 0 fully saturated rings. The Hall–Kier alpha value is -2.42. The van der Waals surface area contributed by atoms with E-state index < -0.39 is 6.61 Å². The molecule has 0 radical (unpaired) electrons. The second kappa shape index (κ2) is 9.59. The molecule has 3 rings (SSSR count). The molecule has 1 heterocycles. The summed E-state index contributed by atoms with van der Waals surface area (Å²) in [6.07, 6.45) is 0. The SMILES string of the molecule is COc1cc(CN(C)Cn2nc(C)nc2-c2ccc(Cl)c(Cl)c2)ccc1OC(F)F. The van der Waals surface area contributed by atoms with E-state index in [2.05, 4.69) is 14.8 Å². The normalized spacial score (nSPS) is 11.4. The summed E-state index contributed by atoms with van der Waals surface area (Å²) >= 11 is 12.1. The van der Waals surface area contributed by atoms with Crippen LogP contribution in [0.1, 0.15) is 11.4 Å². The third-order valence-electron chi connectivity index (χ3n) is 4.23. The van der Waals surface area contributed by atoms with Crippen molar-refractivity contribution in [3.05, 3.63) is 57.8 Å². The van der Waals surface area contributed by atoms with Crippen molar-refractivity contribution < 1.29 is 18.3 Å². The number of benzene rings is 2. The second-order valence-corrected chi connectivity index (χ2v) is 7.44. The van der Waals surface area contributed by atoms with Crippen molar-refractivity contribution in [2.75, 3.05) is 14.2 Å². The molecule has 10 heteroatoms. The van der Waals surface area contributed by atoms with Crippen LogP contribution in [0.3, 0.4) is 0 Å². The number of halogens is 4. The Bertz CT molecular complexity index is 1030. The van der Waals surface area contributed by atoms with Crippen LogP contribution in [0.2, 0.25) is 10.0 Å². The fourth-order valence-electron chi connectivity index (χ4n) is 3.00. The fourth-order valence-corrected chi connectivity index (χ4v) is 3.29. The average Bonchev–Trinajstić information content (AvgIpc) is 3.04. The van der Waals surface area contributed by atoms with E-state index in [0.717, 1.165) is 11.1 Å². The van der Waals surface area contributed by atoms with E-state index in [1.54, 1.807) is 28.9 Å². The summed E-state index contributed by atoms with van der Waals surface area (Å²) in [7, 11) is 3.31. The number of rotatable bonds is 8. The molecule has 0 N–H and O–H groups in total. The molecule has 0 saturated heterocycles. The Morgan fingerprint density at radius 3 is 2.53 bits per heavy atom. The first-order chi connectivity index (χ1) is 14.3. The van der Waals surface area contributed by atoms with Crippen LogP contribution in [-0.4, -0.2) is 40.4 Å². The lowest BCUT2D eigenvalue weighted by atomic mass is 10.2. The maximum absolute atomic E-state index is 12.5. The van der Waals surface area contributed by atoms with Crippen molar-refractivity contribution in [3.8, 4) is 22.9 Å². The number of ether oxygens (including phenoxy) is 2. The number of aromatic nitrogens is 3. The van der Waals surface area contributed by atoms with Gasteiger partial charge in [-0.1, -0.05) is 29.3 Å². The highest BCUT2D eigenvalue weighted by molar-refractivity contribution is 6.42. The van der Waals surface area contributed by atoms with E-state index >= 15 is 0 Å². The Balaban J connectivity index is 1.77. The van der Waals surface area contributed by atoms with Crippen molar-refractivity contribution >= 4 is 23.2 Å². The molecule has 0 saturated carbocycles. The highest BCUT2D eigenvalue weighted by Crippen LogP contribution is 2.30. The van der Waals surface area contributed by atoms with Gasteiger partial charge in [0.25, 0.3) is 0 Å². The number of aryl methyl sites for hydroxylation is 1. The van der Waals surface area contributed by atoms with Gasteiger partial charge in [-0.3, -0.25) is 4.90 Å². The zero-order chi connectivity index (χ0) is 21.8. The predicted molar refractivity (Wildman–Crippen MR) is 111 cm³/mol. The molecule has 3 aromatic rings. The van der Waals surface area contributed by atoms with Gasteiger partial charge in [0, 0.05) is 12.1 Å². The second-order valence-electron chi connectivity index (χ2n) is 6.63. The minimum absolute atomic E-state index is 0.00675. The van der Waals surface area contributed by atoms with Crippen molar-refractivity contribution in [1.82, 2.24) is 19.7 Å². The van der Waals surface area contributed by atoms with E-state index in [-0.39, 0.29) is 11.5 Å². The van der Waals surface area contributed by atoms with Crippen LogP contribution < -0.4 is 9.47 Å². The van der Waals surface area contributed by atoms with Crippen LogP contribution >= 0.6 is 23.2 Å². The summed E-state index contributed by atoms with van der Waals surface area (Å²) < 4.78 is 36.4. The smallest absolute Gasteiger partial charge is 0.387 e. The highest BCUT2D eigenvalue weighted by atomic mass is 35.5. The fraction of sp³-hybridized carbons (Fsp3) is 0.300. The molecule has 0 aliphatic heterocycles. The summed E-state index contributed by atoms with van der Waals surface area (Å²) in [6, 6.07) is 10.1. The van der Waals surface area contributed by atoms with Gasteiger partial charge in [-0.15, -0.1) is 0 Å². The van der Waals surface area contributed by atoms with Crippen molar-refractivity contribution in [2.24, 2.45) is 0 Å². The van der Waals surface area contributed by atoms with Gasteiger partial charge in [-0.05, 0) is 49.9 Å². The standard InChI is InChI=1S/C20H20Cl2F2N4O2/c1-12-25-19(14-5-6-15(21)16(22)9-14)28(26-12)11-27(2)10-13-4-7-17(30-20(23)24)18(8-13)29-3/h4-9,20H,10-11H2,1-3H3. The van der Waals surface area contributed by atoms with E-state index in [1.165, 1.54) is 13.2 Å². The molecule has 30 heavy (non-hydrogen) atoms. The Labute approximate surface area is 182 Å². The minimum atomic E-state index is -2.91. The lowest BCUT2D eigenvalue weighted by Crippen LogP contribution is -2.23. The van der Waals surface area contributed by atoms with Gasteiger partial charge < -0.3 is 9.47 Å². The molecular formula is C20H20Cl2F2N4O2. The van der Waals surface area contributed by atoms with Gasteiger partial charge in [0.1, 0.15) is 5.82 Å². The van der Waals surface area contributed by atoms with Crippen LogP contribution in [0.15, 0.2) is 36.4 Å². The summed E-state index contributed by atoms with van der Waals surface area (Å²) in [6.45, 7) is -0.147. The molecule has 0 atom stereocenters. The first kappa shape index (κ1) is 22.3. The minimum Gasteiger partial charge on any atom is -0.493 e. The maximum Gasteiger partial charge on any atom is 0.387 e. The van der Waals surface area contributed by atoms with Crippen LogP contribution in [0.25, 0.3) is 11.4 Å². The first-order valence-electron chi connectivity index (χ1n) is 8.94. The molecule has 1 aromatic heterocycles. The number of hydrogen-bond acceptors (Lipinski definition) is 5. The molecule has 0 aliphatic rings. The van der Waals surface area contributed by atoms with Crippen LogP contribution in [0.5, 0.6) is 11.5 Å². The molecule has 0 aliphatic carbocycles. The summed E-state index contributed by atoms with van der Waals surface area (Å²) in [5.41, 5.74) is 1.66. The summed E-state index contributed by atoms with van der Waals surface area (Å²) in [4.78, 5) is 6.49. The number of nitrogens with zero attached hydrogens (tertiary/aromatic N) is 4. The topological polar surface area (TPSA) is 52.4 Å². The maximum atomic E-state index is 12.5. The largest absolute Gasteiger partial charge is 0.493 e. The van der Waals surface area contributed by atoms with E-state index in [4.69, 9.17) is 27.9 Å². The van der Waals surface area contributed by atoms with E-state index in [0.29, 0.717) is 34.9 Å². The van der Waals surface area contributed by atoms with E-state index in [9.17, 15) is 8.78 Å². The first-order valence-corrected chi connectivity index (χ1v) is 9.69. The zero-order valence-electron chi connectivity index (χ0n) is 16.6. The van der Waals surface area contributed by atoms with Crippen molar-refractivity contribution in [2.45, 2.75) is 26.7 Å². The molecule has 160 valence electrons. The lowest BCUT2D eigenvalue weighted by molar-refractivity contribution is -0.0512. The van der Waals surface area contributed by atoms with Gasteiger partial charge in [0.15, 0.2) is 17.3 Å². The predicted octanol–water partition coefficient (Wildman–Crippen LogP) is 5.26. The van der Waals surface area contributed by atoms with Crippen molar-refractivity contribution in [3.63, 3.8) is 0 Å². The van der Waals surface area contributed by atoms with Gasteiger partial charge >= 0.3 is 6.61 Å². The quantitative estimate of drug-likeness (QED) is 0.462. The van der Waals surface area contributed by atoms with Gasteiger partial charge in [-0.2, -0.15) is 13.9 Å². The molecule has 0 unspecified atom stereocenters. The number of hydrogen-bond donors (Lipinski definition) is 0.